The standard InChI is InChI=1S/C21H22FN3O6S/c1-14-21(27)23-18-12-17(6-7-19(18)31-14)32(28,29)25-10-8-24(9-11-25)20(26)13-30-16-4-2-15(22)3-5-16/h2-7,12,14H,8-11,13H2,1H3,(H,23,27). The van der Waals surface area contributed by atoms with Gasteiger partial charge in [0.15, 0.2) is 12.7 Å². The molecule has 2 aromatic rings. The molecular weight excluding hydrogens is 441 g/mol. The van der Waals surface area contributed by atoms with Crippen molar-refractivity contribution in [3.8, 4) is 11.5 Å². The number of amides is 2. The van der Waals surface area contributed by atoms with E-state index in [1.165, 1.54) is 51.7 Å². The van der Waals surface area contributed by atoms with Crippen molar-refractivity contribution in [2.45, 2.75) is 17.9 Å². The van der Waals surface area contributed by atoms with E-state index >= 15 is 0 Å². The summed E-state index contributed by atoms with van der Waals surface area (Å²) in [6, 6.07) is 9.67. The third-order valence-corrected chi connectivity index (χ3v) is 7.18. The summed E-state index contributed by atoms with van der Waals surface area (Å²) in [7, 11) is -3.81. The molecule has 11 heteroatoms. The van der Waals surface area contributed by atoms with E-state index in [1.807, 2.05) is 0 Å². The van der Waals surface area contributed by atoms with Crippen molar-refractivity contribution in [1.82, 2.24) is 9.21 Å². The predicted octanol–water partition coefficient (Wildman–Crippen LogP) is 1.46. The first kappa shape index (κ1) is 22.0. The highest BCUT2D eigenvalue weighted by molar-refractivity contribution is 7.89. The van der Waals surface area contributed by atoms with E-state index in [-0.39, 0.29) is 49.5 Å². The first-order valence-electron chi connectivity index (χ1n) is 10.0. The summed E-state index contributed by atoms with van der Waals surface area (Å²) in [5, 5.41) is 2.64. The monoisotopic (exact) mass is 463 g/mol. The minimum absolute atomic E-state index is 0.0362. The third kappa shape index (κ3) is 4.53. The second-order valence-corrected chi connectivity index (χ2v) is 9.37. The van der Waals surface area contributed by atoms with E-state index in [0.717, 1.165) is 0 Å². The lowest BCUT2D eigenvalue weighted by atomic mass is 10.2. The number of sulfonamides is 1. The van der Waals surface area contributed by atoms with Crippen LogP contribution < -0.4 is 14.8 Å². The lowest BCUT2D eigenvalue weighted by Gasteiger charge is -2.34. The molecule has 32 heavy (non-hydrogen) atoms. The van der Waals surface area contributed by atoms with Gasteiger partial charge in [0.1, 0.15) is 17.3 Å². The van der Waals surface area contributed by atoms with Crippen LogP contribution in [-0.4, -0.2) is 68.3 Å². The second-order valence-electron chi connectivity index (χ2n) is 7.43. The van der Waals surface area contributed by atoms with Crippen molar-refractivity contribution >= 4 is 27.5 Å². The van der Waals surface area contributed by atoms with Gasteiger partial charge in [-0.3, -0.25) is 9.59 Å². The summed E-state index contributed by atoms with van der Waals surface area (Å²) in [6.07, 6.45) is -0.650. The molecule has 0 aromatic heterocycles. The van der Waals surface area contributed by atoms with Gasteiger partial charge in [0, 0.05) is 26.2 Å². The van der Waals surface area contributed by atoms with Crippen LogP contribution in [0.5, 0.6) is 11.5 Å². The van der Waals surface area contributed by atoms with Gasteiger partial charge in [0.25, 0.3) is 11.8 Å². The van der Waals surface area contributed by atoms with Crippen molar-refractivity contribution in [1.29, 1.82) is 0 Å². The molecule has 0 radical (unpaired) electrons. The lowest BCUT2D eigenvalue weighted by molar-refractivity contribution is -0.134. The van der Waals surface area contributed by atoms with Crippen molar-refractivity contribution < 1.29 is 31.9 Å². The molecule has 9 nitrogen and oxygen atoms in total. The number of benzene rings is 2. The maximum Gasteiger partial charge on any atom is 0.265 e. The van der Waals surface area contributed by atoms with Gasteiger partial charge in [-0.1, -0.05) is 0 Å². The van der Waals surface area contributed by atoms with Crippen LogP contribution in [0.3, 0.4) is 0 Å². The third-order valence-electron chi connectivity index (χ3n) is 5.29. The Morgan fingerprint density at radius 1 is 1.16 bits per heavy atom. The Morgan fingerprint density at radius 3 is 2.53 bits per heavy atom. The van der Waals surface area contributed by atoms with E-state index in [1.54, 1.807) is 6.92 Å². The van der Waals surface area contributed by atoms with Gasteiger partial charge in [0.05, 0.1) is 10.6 Å². The van der Waals surface area contributed by atoms with E-state index in [0.29, 0.717) is 17.2 Å². The number of halogens is 1. The number of anilines is 1. The van der Waals surface area contributed by atoms with E-state index in [9.17, 15) is 22.4 Å². The summed E-state index contributed by atoms with van der Waals surface area (Å²) in [4.78, 5) is 25.8. The molecule has 0 aliphatic carbocycles. The van der Waals surface area contributed by atoms with Gasteiger partial charge in [-0.05, 0) is 49.4 Å². The highest BCUT2D eigenvalue weighted by Gasteiger charge is 2.32. The molecule has 0 saturated carbocycles. The fourth-order valence-corrected chi connectivity index (χ4v) is 4.89. The maximum atomic E-state index is 13.0. The molecular formula is C21H22FN3O6S. The molecule has 1 atom stereocenters. The molecule has 170 valence electrons. The van der Waals surface area contributed by atoms with Crippen LogP contribution in [0.15, 0.2) is 47.4 Å². The van der Waals surface area contributed by atoms with Crippen LogP contribution in [0.4, 0.5) is 10.1 Å². The Morgan fingerprint density at radius 2 is 1.84 bits per heavy atom. The quantitative estimate of drug-likeness (QED) is 0.720. The zero-order valence-corrected chi connectivity index (χ0v) is 18.1. The fraction of sp³-hybridized carbons (Fsp3) is 0.333. The Labute approximate surface area is 184 Å². The zero-order valence-electron chi connectivity index (χ0n) is 17.3. The number of fused-ring (bicyclic) bond motifs is 1. The van der Waals surface area contributed by atoms with Crippen molar-refractivity contribution in [3.05, 3.63) is 48.3 Å². The summed E-state index contributed by atoms with van der Waals surface area (Å²) >= 11 is 0. The normalized spacial score (nSPS) is 19.0. The number of piperazine rings is 1. The van der Waals surface area contributed by atoms with Crippen LogP contribution in [0.1, 0.15) is 6.92 Å². The lowest BCUT2D eigenvalue weighted by Crippen LogP contribution is -2.51. The average Bonchev–Trinajstić information content (AvgIpc) is 2.79. The second kappa shape index (κ2) is 8.75. The number of nitrogens with zero attached hydrogens (tertiary/aromatic N) is 2. The smallest absolute Gasteiger partial charge is 0.265 e. The summed E-state index contributed by atoms with van der Waals surface area (Å²) in [5.74, 6) is -0.243. The largest absolute Gasteiger partial charge is 0.484 e. The maximum absolute atomic E-state index is 13.0. The van der Waals surface area contributed by atoms with Gasteiger partial charge in [-0.15, -0.1) is 0 Å². The first-order chi connectivity index (χ1) is 15.2. The number of carbonyl (C=O) groups excluding carboxylic acids is 2. The average molecular weight is 463 g/mol. The minimum atomic E-state index is -3.81. The molecule has 2 heterocycles. The van der Waals surface area contributed by atoms with Crippen molar-refractivity contribution in [2.75, 3.05) is 38.1 Å². The highest BCUT2D eigenvalue weighted by atomic mass is 32.2. The molecule has 1 unspecified atom stereocenters. The van der Waals surface area contributed by atoms with Crippen LogP contribution in [0.25, 0.3) is 0 Å². The van der Waals surface area contributed by atoms with E-state index in [4.69, 9.17) is 9.47 Å². The topological polar surface area (TPSA) is 105 Å². The summed E-state index contributed by atoms with van der Waals surface area (Å²) < 4.78 is 51.2. The molecule has 0 spiro atoms. The van der Waals surface area contributed by atoms with E-state index in [2.05, 4.69) is 5.32 Å². The number of nitrogens with one attached hydrogen (secondary N) is 1. The molecule has 1 N–H and O–H groups in total. The van der Waals surface area contributed by atoms with Gasteiger partial charge < -0.3 is 19.7 Å². The molecule has 1 fully saturated rings. The number of carbonyl (C=O) groups is 2. The molecule has 2 aliphatic rings. The number of rotatable bonds is 5. The van der Waals surface area contributed by atoms with Crippen molar-refractivity contribution in [3.63, 3.8) is 0 Å². The Balaban J connectivity index is 1.36. The zero-order chi connectivity index (χ0) is 22.9. The molecule has 2 amide bonds. The van der Waals surface area contributed by atoms with Gasteiger partial charge in [-0.2, -0.15) is 4.31 Å². The summed E-state index contributed by atoms with van der Waals surface area (Å²) in [5.41, 5.74) is 0.306. The number of hydrogen-bond donors (Lipinski definition) is 1. The Bertz CT molecular complexity index is 1130. The SMILES string of the molecule is CC1Oc2ccc(S(=O)(=O)N3CCN(C(=O)COc4ccc(F)cc4)CC3)cc2NC1=O. The molecule has 2 aliphatic heterocycles. The molecule has 2 aromatic carbocycles. The highest BCUT2D eigenvalue weighted by Crippen LogP contribution is 2.33. The van der Waals surface area contributed by atoms with Crippen molar-refractivity contribution in [2.24, 2.45) is 0 Å². The Kier molecular flexibility index (Phi) is 6.02. The fourth-order valence-electron chi connectivity index (χ4n) is 3.44. The number of hydrogen-bond acceptors (Lipinski definition) is 6. The number of ether oxygens (including phenoxy) is 2. The minimum Gasteiger partial charge on any atom is -0.484 e. The van der Waals surface area contributed by atoms with Crippen LogP contribution in [0, 0.1) is 5.82 Å². The molecule has 4 rings (SSSR count). The summed E-state index contributed by atoms with van der Waals surface area (Å²) in [6.45, 7) is 2.07. The van der Waals surface area contributed by atoms with Gasteiger partial charge in [0.2, 0.25) is 10.0 Å². The first-order valence-corrected chi connectivity index (χ1v) is 11.5. The Hall–Kier alpha value is -3.18. The van der Waals surface area contributed by atoms with Crippen LogP contribution in [-0.2, 0) is 19.6 Å². The van der Waals surface area contributed by atoms with Gasteiger partial charge >= 0.3 is 0 Å². The molecule has 0 bridgehead atoms. The van der Waals surface area contributed by atoms with E-state index < -0.39 is 21.9 Å². The van der Waals surface area contributed by atoms with Crippen LogP contribution >= 0.6 is 0 Å². The predicted molar refractivity (Wildman–Crippen MR) is 112 cm³/mol. The van der Waals surface area contributed by atoms with Crippen LogP contribution in [0.2, 0.25) is 0 Å². The van der Waals surface area contributed by atoms with Gasteiger partial charge in [-0.25, -0.2) is 12.8 Å². The molecule has 1 saturated heterocycles.